The summed E-state index contributed by atoms with van der Waals surface area (Å²) in [5.41, 5.74) is 2.15. The van der Waals surface area contributed by atoms with E-state index in [-0.39, 0.29) is 5.91 Å². The highest BCUT2D eigenvalue weighted by molar-refractivity contribution is 5.99. The lowest BCUT2D eigenvalue weighted by molar-refractivity contribution is 0.0951. The van der Waals surface area contributed by atoms with Gasteiger partial charge in [0.15, 0.2) is 0 Å². The standard InChI is InChI=1S/C14H16N4O/c1-2-16-13-6-8-15-10-12(13)14(19)18-9-11-5-3-4-7-17-11/h3-8,10H,2,9H2,1H3,(H,15,16)(H,18,19). The SMILES string of the molecule is CCNc1ccncc1C(=O)NCc1ccccn1. The number of nitrogens with zero attached hydrogens (tertiary/aromatic N) is 2. The second-order valence-corrected chi connectivity index (χ2v) is 3.96. The quantitative estimate of drug-likeness (QED) is 0.856. The van der Waals surface area contributed by atoms with Gasteiger partial charge in [-0.05, 0) is 25.1 Å². The number of hydrogen-bond donors (Lipinski definition) is 2. The Morgan fingerprint density at radius 2 is 2.16 bits per heavy atom. The number of hydrogen-bond acceptors (Lipinski definition) is 4. The third kappa shape index (κ3) is 3.51. The number of aromatic nitrogens is 2. The van der Waals surface area contributed by atoms with E-state index >= 15 is 0 Å². The summed E-state index contributed by atoms with van der Waals surface area (Å²) >= 11 is 0. The zero-order chi connectivity index (χ0) is 13.5. The topological polar surface area (TPSA) is 66.9 Å². The van der Waals surface area contributed by atoms with Crippen LogP contribution >= 0.6 is 0 Å². The summed E-state index contributed by atoms with van der Waals surface area (Å²) in [7, 11) is 0. The van der Waals surface area contributed by atoms with Crippen LogP contribution in [0, 0.1) is 0 Å². The molecule has 0 saturated carbocycles. The van der Waals surface area contributed by atoms with E-state index < -0.39 is 0 Å². The monoisotopic (exact) mass is 256 g/mol. The molecule has 2 N–H and O–H groups in total. The average Bonchev–Trinajstić information content (AvgIpc) is 2.47. The van der Waals surface area contributed by atoms with Crippen molar-refractivity contribution < 1.29 is 4.79 Å². The summed E-state index contributed by atoms with van der Waals surface area (Å²) in [6, 6.07) is 7.40. The number of pyridine rings is 2. The van der Waals surface area contributed by atoms with Crippen molar-refractivity contribution in [3.8, 4) is 0 Å². The molecule has 0 unspecified atom stereocenters. The fraction of sp³-hybridized carbons (Fsp3) is 0.214. The molecule has 0 bridgehead atoms. The molecule has 2 heterocycles. The zero-order valence-electron chi connectivity index (χ0n) is 10.8. The molecule has 0 saturated heterocycles. The van der Waals surface area contributed by atoms with Crippen LogP contribution in [0.2, 0.25) is 0 Å². The number of nitrogens with one attached hydrogen (secondary N) is 2. The maximum atomic E-state index is 12.1. The third-order valence-corrected chi connectivity index (χ3v) is 2.59. The Morgan fingerprint density at radius 1 is 1.26 bits per heavy atom. The fourth-order valence-corrected chi connectivity index (χ4v) is 1.69. The van der Waals surface area contributed by atoms with Gasteiger partial charge in [0.2, 0.25) is 0 Å². The Morgan fingerprint density at radius 3 is 2.89 bits per heavy atom. The lowest BCUT2D eigenvalue weighted by atomic mass is 10.2. The number of carbonyl (C=O) groups excluding carboxylic acids is 1. The highest BCUT2D eigenvalue weighted by atomic mass is 16.1. The van der Waals surface area contributed by atoms with Crippen LogP contribution in [0.25, 0.3) is 0 Å². The largest absolute Gasteiger partial charge is 0.385 e. The van der Waals surface area contributed by atoms with Crippen molar-refractivity contribution in [1.82, 2.24) is 15.3 Å². The second-order valence-electron chi connectivity index (χ2n) is 3.96. The molecule has 0 fully saturated rings. The molecule has 0 aliphatic carbocycles. The number of amides is 1. The van der Waals surface area contributed by atoms with Crippen LogP contribution in [0.4, 0.5) is 5.69 Å². The van der Waals surface area contributed by atoms with Gasteiger partial charge in [0, 0.05) is 25.1 Å². The lowest BCUT2D eigenvalue weighted by Crippen LogP contribution is -2.24. The molecule has 19 heavy (non-hydrogen) atoms. The van der Waals surface area contributed by atoms with Crippen molar-refractivity contribution in [3.63, 3.8) is 0 Å². The van der Waals surface area contributed by atoms with Crippen LogP contribution in [-0.2, 0) is 6.54 Å². The summed E-state index contributed by atoms with van der Waals surface area (Å²) < 4.78 is 0. The van der Waals surface area contributed by atoms with Gasteiger partial charge in [-0.2, -0.15) is 0 Å². The second kappa shape index (κ2) is 6.49. The summed E-state index contributed by atoms with van der Waals surface area (Å²) in [6.45, 7) is 3.14. The van der Waals surface area contributed by atoms with Crippen molar-refractivity contribution in [2.75, 3.05) is 11.9 Å². The van der Waals surface area contributed by atoms with Crippen molar-refractivity contribution in [2.24, 2.45) is 0 Å². The first-order valence-electron chi connectivity index (χ1n) is 6.17. The zero-order valence-corrected chi connectivity index (χ0v) is 10.8. The smallest absolute Gasteiger partial charge is 0.255 e. The van der Waals surface area contributed by atoms with Crippen molar-refractivity contribution in [3.05, 3.63) is 54.1 Å². The Balaban J connectivity index is 2.04. The molecule has 2 aromatic heterocycles. The minimum Gasteiger partial charge on any atom is -0.385 e. The van der Waals surface area contributed by atoms with Gasteiger partial charge in [-0.15, -0.1) is 0 Å². The summed E-state index contributed by atoms with van der Waals surface area (Å²) in [5.74, 6) is -0.158. The molecule has 5 heteroatoms. The van der Waals surface area contributed by atoms with Gasteiger partial charge in [-0.3, -0.25) is 14.8 Å². The Kier molecular flexibility index (Phi) is 4.44. The van der Waals surface area contributed by atoms with E-state index in [1.807, 2.05) is 25.1 Å². The lowest BCUT2D eigenvalue weighted by Gasteiger charge is -2.10. The van der Waals surface area contributed by atoms with Crippen molar-refractivity contribution >= 4 is 11.6 Å². The molecule has 0 aromatic carbocycles. The van der Waals surface area contributed by atoms with Gasteiger partial charge in [0.1, 0.15) is 0 Å². The summed E-state index contributed by atoms with van der Waals surface area (Å²) in [4.78, 5) is 20.2. The maximum Gasteiger partial charge on any atom is 0.255 e. The minimum absolute atomic E-state index is 0.158. The molecule has 2 aromatic rings. The molecular formula is C14H16N4O. The van der Waals surface area contributed by atoms with Gasteiger partial charge < -0.3 is 10.6 Å². The van der Waals surface area contributed by atoms with Gasteiger partial charge in [-0.25, -0.2) is 0 Å². The first kappa shape index (κ1) is 13.0. The molecule has 0 atom stereocenters. The predicted molar refractivity (Wildman–Crippen MR) is 73.8 cm³/mol. The molecule has 2 rings (SSSR count). The van der Waals surface area contributed by atoms with E-state index in [4.69, 9.17) is 0 Å². The van der Waals surface area contributed by atoms with Crippen molar-refractivity contribution in [1.29, 1.82) is 0 Å². The van der Waals surface area contributed by atoms with Crippen LogP contribution < -0.4 is 10.6 Å². The minimum atomic E-state index is -0.158. The summed E-state index contributed by atoms with van der Waals surface area (Å²) in [6.07, 6.45) is 4.93. The highest BCUT2D eigenvalue weighted by Crippen LogP contribution is 2.13. The van der Waals surface area contributed by atoms with Crippen LogP contribution in [0.5, 0.6) is 0 Å². The molecule has 0 aliphatic rings. The Hall–Kier alpha value is -2.43. The van der Waals surface area contributed by atoms with Gasteiger partial charge in [0.05, 0.1) is 23.5 Å². The van der Waals surface area contributed by atoms with Gasteiger partial charge >= 0.3 is 0 Å². The van der Waals surface area contributed by atoms with E-state index in [0.29, 0.717) is 12.1 Å². The van der Waals surface area contributed by atoms with Crippen LogP contribution in [-0.4, -0.2) is 22.4 Å². The Labute approximate surface area is 112 Å². The van der Waals surface area contributed by atoms with Gasteiger partial charge in [0.25, 0.3) is 5.91 Å². The van der Waals surface area contributed by atoms with Crippen LogP contribution in [0.3, 0.4) is 0 Å². The molecule has 0 spiro atoms. The van der Waals surface area contributed by atoms with Gasteiger partial charge in [-0.1, -0.05) is 6.07 Å². The number of carbonyl (C=O) groups is 1. The molecule has 5 nitrogen and oxygen atoms in total. The highest BCUT2D eigenvalue weighted by Gasteiger charge is 2.10. The maximum absolute atomic E-state index is 12.1. The van der Waals surface area contributed by atoms with E-state index in [1.54, 1.807) is 24.7 Å². The van der Waals surface area contributed by atoms with E-state index in [2.05, 4.69) is 20.6 Å². The first-order valence-corrected chi connectivity index (χ1v) is 6.17. The first-order chi connectivity index (χ1) is 9.31. The predicted octanol–water partition coefficient (Wildman–Crippen LogP) is 1.84. The molecular weight excluding hydrogens is 240 g/mol. The number of rotatable bonds is 5. The summed E-state index contributed by atoms with van der Waals surface area (Å²) in [5, 5.41) is 5.97. The normalized spacial score (nSPS) is 9.95. The average molecular weight is 256 g/mol. The Bertz CT molecular complexity index is 542. The molecule has 98 valence electrons. The van der Waals surface area contributed by atoms with E-state index in [0.717, 1.165) is 17.9 Å². The third-order valence-electron chi connectivity index (χ3n) is 2.59. The van der Waals surface area contributed by atoms with E-state index in [9.17, 15) is 4.79 Å². The molecule has 0 aliphatic heterocycles. The molecule has 0 radical (unpaired) electrons. The number of anilines is 1. The van der Waals surface area contributed by atoms with Crippen LogP contribution in [0.15, 0.2) is 42.9 Å². The van der Waals surface area contributed by atoms with Crippen LogP contribution in [0.1, 0.15) is 23.0 Å². The van der Waals surface area contributed by atoms with E-state index in [1.165, 1.54) is 0 Å². The molecule has 1 amide bonds. The van der Waals surface area contributed by atoms with Crippen molar-refractivity contribution in [2.45, 2.75) is 13.5 Å². The fourth-order valence-electron chi connectivity index (χ4n) is 1.69.